The van der Waals surface area contributed by atoms with Gasteiger partial charge in [0.2, 0.25) is 0 Å². The average Bonchev–Trinajstić information content (AvgIpc) is 3.44. The number of hydrogen-bond donors (Lipinski definition) is 1. The zero-order valence-corrected chi connectivity index (χ0v) is 18.0. The van der Waals surface area contributed by atoms with Gasteiger partial charge in [-0.3, -0.25) is 9.59 Å². The lowest BCUT2D eigenvalue weighted by Gasteiger charge is -2.07. The molecule has 4 rings (SSSR count). The molecule has 0 atom stereocenters. The molecule has 0 bridgehead atoms. The van der Waals surface area contributed by atoms with Crippen molar-refractivity contribution in [3.8, 4) is 11.3 Å². The first kappa shape index (κ1) is 20.0. The third-order valence-electron chi connectivity index (χ3n) is 4.50. The van der Waals surface area contributed by atoms with Crippen molar-refractivity contribution in [2.45, 2.75) is 13.8 Å². The van der Waals surface area contributed by atoms with E-state index >= 15 is 0 Å². The molecule has 4 aromatic heterocycles. The summed E-state index contributed by atoms with van der Waals surface area (Å²) in [5.74, 6) is -0.472. The van der Waals surface area contributed by atoms with Crippen LogP contribution < -0.4 is 10.9 Å². The Balaban J connectivity index is 1.75. The molecule has 8 nitrogen and oxygen atoms in total. The topological polar surface area (TPSA) is 103 Å². The van der Waals surface area contributed by atoms with Crippen LogP contribution in [0.4, 0.5) is 5.00 Å². The SMILES string of the molecule is CCOC(=O)c1c(-c2ccco2)csc1NC(=O)c1sc2ncn(C)c(=O)c2c1C. The number of rotatable bonds is 5. The van der Waals surface area contributed by atoms with Crippen molar-refractivity contribution >= 4 is 49.8 Å². The molecule has 0 radical (unpaired) electrons. The van der Waals surface area contributed by atoms with Crippen molar-refractivity contribution in [1.82, 2.24) is 9.55 Å². The van der Waals surface area contributed by atoms with Gasteiger partial charge in [-0.05, 0) is 31.5 Å². The maximum atomic E-state index is 13.0. The van der Waals surface area contributed by atoms with E-state index in [1.54, 1.807) is 38.4 Å². The van der Waals surface area contributed by atoms with Crippen LogP contribution in [0.1, 0.15) is 32.5 Å². The number of anilines is 1. The molecule has 10 heteroatoms. The highest BCUT2D eigenvalue weighted by Gasteiger charge is 2.26. The summed E-state index contributed by atoms with van der Waals surface area (Å²) in [5, 5.41) is 5.30. The second kappa shape index (κ2) is 7.88. The standard InChI is InChI=1S/C20H17N3O5S2/c1-4-27-20(26)14-11(12-6-5-7-28-12)8-29-18(14)22-16(24)15-10(2)13-17(30-15)21-9-23(3)19(13)25/h5-9H,4H2,1-3H3,(H,22,24). The predicted octanol–water partition coefficient (Wildman–Crippen LogP) is 4.05. The Hall–Kier alpha value is -3.24. The molecule has 0 spiro atoms. The molecule has 0 aliphatic rings. The molecule has 30 heavy (non-hydrogen) atoms. The van der Waals surface area contributed by atoms with Crippen LogP contribution in [-0.2, 0) is 11.8 Å². The van der Waals surface area contributed by atoms with E-state index in [9.17, 15) is 14.4 Å². The van der Waals surface area contributed by atoms with Crippen molar-refractivity contribution in [3.63, 3.8) is 0 Å². The van der Waals surface area contributed by atoms with E-state index in [0.29, 0.717) is 37.0 Å². The van der Waals surface area contributed by atoms with Crippen LogP contribution >= 0.6 is 22.7 Å². The molecular weight excluding hydrogens is 426 g/mol. The van der Waals surface area contributed by atoms with E-state index in [2.05, 4.69) is 10.3 Å². The summed E-state index contributed by atoms with van der Waals surface area (Å²) in [6.07, 6.45) is 2.93. The van der Waals surface area contributed by atoms with Crippen molar-refractivity contribution in [2.24, 2.45) is 7.05 Å². The minimum absolute atomic E-state index is 0.198. The highest BCUT2D eigenvalue weighted by molar-refractivity contribution is 7.21. The highest BCUT2D eigenvalue weighted by Crippen LogP contribution is 2.37. The molecule has 4 heterocycles. The molecule has 0 saturated heterocycles. The number of nitrogens with zero attached hydrogens (tertiary/aromatic N) is 2. The van der Waals surface area contributed by atoms with Crippen LogP contribution in [0.2, 0.25) is 0 Å². The van der Waals surface area contributed by atoms with E-state index in [-0.39, 0.29) is 17.7 Å². The summed E-state index contributed by atoms with van der Waals surface area (Å²) in [6.45, 7) is 3.62. The molecule has 4 aromatic rings. The van der Waals surface area contributed by atoms with E-state index in [0.717, 1.165) is 11.3 Å². The number of hydrogen-bond acceptors (Lipinski definition) is 8. The number of carbonyl (C=O) groups excluding carboxylic acids is 2. The van der Waals surface area contributed by atoms with Gasteiger partial charge >= 0.3 is 5.97 Å². The molecule has 0 fully saturated rings. The number of amides is 1. The van der Waals surface area contributed by atoms with Crippen LogP contribution in [0.15, 0.2) is 39.3 Å². The molecule has 0 unspecified atom stereocenters. The zero-order chi connectivity index (χ0) is 21.4. The Bertz CT molecular complexity index is 1310. The summed E-state index contributed by atoms with van der Waals surface area (Å²) in [7, 11) is 1.61. The van der Waals surface area contributed by atoms with Crippen molar-refractivity contribution < 1.29 is 18.7 Å². The van der Waals surface area contributed by atoms with E-state index in [4.69, 9.17) is 9.15 Å². The second-order valence-corrected chi connectivity index (χ2v) is 8.28. The first-order chi connectivity index (χ1) is 14.4. The van der Waals surface area contributed by atoms with Gasteiger partial charge in [0.25, 0.3) is 11.5 Å². The monoisotopic (exact) mass is 443 g/mol. The lowest BCUT2D eigenvalue weighted by molar-refractivity contribution is 0.0529. The van der Waals surface area contributed by atoms with E-state index < -0.39 is 11.9 Å². The summed E-state index contributed by atoms with van der Waals surface area (Å²) in [6, 6.07) is 3.45. The van der Waals surface area contributed by atoms with Gasteiger partial charge in [-0.15, -0.1) is 22.7 Å². The summed E-state index contributed by atoms with van der Waals surface area (Å²) in [4.78, 5) is 43.1. The van der Waals surface area contributed by atoms with Crippen molar-refractivity contribution in [1.29, 1.82) is 0 Å². The van der Waals surface area contributed by atoms with Gasteiger partial charge in [0.1, 0.15) is 21.2 Å². The fraction of sp³-hybridized carbons (Fsp3) is 0.200. The number of aryl methyl sites for hydroxylation is 2. The summed E-state index contributed by atoms with van der Waals surface area (Å²) in [5.41, 5.74) is 1.12. The Kier molecular flexibility index (Phi) is 5.27. The van der Waals surface area contributed by atoms with Gasteiger partial charge in [-0.2, -0.15) is 0 Å². The second-order valence-electron chi connectivity index (χ2n) is 6.40. The van der Waals surface area contributed by atoms with E-state index in [1.165, 1.54) is 28.5 Å². The summed E-state index contributed by atoms with van der Waals surface area (Å²) < 4.78 is 12.0. The van der Waals surface area contributed by atoms with Crippen molar-refractivity contribution in [2.75, 3.05) is 11.9 Å². The van der Waals surface area contributed by atoms with Gasteiger partial charge in [-0.25, -0.2) is 9.78 Å². The first-order valence-electron chi connectivity index (χ1n) is 9.01. The van der Waals surface area contributed by atoms with Gasteiger partial charge in [0.15, 0.2) is 0 Å². The first-order valence-corrected chi connectivity index (χ1v) is 10.7. The lowest BCUT2D eigenvalue weighted by Crippen LogP contribution is -2.17. The van der Waals surface area contributed by atoms with Crippen molar-refractivity contribution in [3.05, 3.63) is 56.5 Å². The average molecular weight is 444 g/mol. The number of nitrogens with one attached hydrogen (secondary N) is 1. The fourth-order valence-electron chi connectivity index (χ4n) is 3.05. The Morgan fingerprint density at radius 1 is 1.37 bits per heavy atom. The molecule has 0 aromatic carbocycles. The van der Waals surface area contributed by atoms with E-state index in [1.807, 2.05) is 0 Å². The minimum atomic E-state index is -0.552. The van der Waals surface area contributed by atoms with Crippen LogP contribution in [-0.4, -0.2) is 28.0 Å². The Morgan fingerprint density at radius 2 is 2.17 bits per heavy atom. The molecule has 0 aliphatic carbocycles. The Labute approximate surface area is 178 Å². The predicted molar refractivity (Wildman–Crippen MR) is 116 cm³/mol. The quantitative estimate of drug-likeness (QED) is 0.467. The molecule has 1 N–H and O–H groups in total. The molecular formula is C20H17N3O5S2. The lowest BCUT2D eigenvalue weighted by atomic mass is 10.1. The third-order valence-corrected chi connectivity index (χ3v) is 6.60. The number of aromatic nitrogens is 2. The summed E-state index contributed by atoms with van der Waals surface area (Å²) >= 11 is 2.34. The maximum absolute atomic E-state index is 13.0. The molecule has 0 saturated carbocycles. The van der Waals surface area contributed by atoms with Gasteiger partial charge in [0.05, 0.1) is 29.5 Å². The van der Waals surface area contributed by atoms with Gasteiger partial charge < -0.3 is 19.0 Å². The zero-order valence-electron chi connectivity index (χ0n) is 16.3. The fourth-order valence-corrected chi connectivity index (χ4v) is 5.02. The number of thiophene rings is 2. The van der Waals surface area contributed by atoms with Gasteiger partial charge in [-0.1, -0.05) is 0 Å². The third kappa shape index (κ3) is 3.33. The molecule has 1 amide bonds. The number of carbonyl (C=O) groups is 2. The number of esters is 1. The van der Waals surface area contributed by atoms with Crippen LogP contribution in [0.3, 0.4) is 0 Å². The van der Waals surface area contributed by atoms with Crippen LogP contribution in [0.25, 0.3) is 21.5 Å². The number of furan rings is 1. The Morgan fingerprint density at radius 3 is 2.87 bits per heavy atom. The smallest absolute Gasteiger partial charge is 0.341 e. The van der Waals surface area contributed by atoms with Crippen LogP contribution in [0, 0.1) is 6.92 Å². The molecule has 154 valence electrons. The van der Waals surface area contributed by atoms with Crippen LogP contribution in [0.5, 0.6) is 0 Å². The van der Waals surface area contributed by atoms with Gasteiger partial charge in [0, 0.05) is 18.0 Å². The minimum Gasteiger partial charge on any atom is -0.464 e. The number of ether oxygens (including phenoxy) is 1. The normalized spacial score (nSPS) is 11.0. The number of fused-ring (bicyclic) bond motifs is 1. The largest absolute Gasteiger partial charge is 0.464 e. The maximum Gasteiger partial charge on any atom is 0.341 e. The molecule has 0 aliphatic heterocycles. The highest BCUT2D eigenvalue weighted by atomic mass is 32.1.